The summed E-state index contributed by atoms with van der Waals surface area (Å²) in [5, 5.41) is 0. The molecule has 0 aromatic heterocycles. The van der Waals surface area contributed by atoms with Crippen molar-refractivity contribution in [2.24, 2.45) is 0 Å². The average Bonchev–Trinajstić information content (AvgIpc) is 2.38. The summed E-state index contributed by atoms with van der Waals surface area (Å²) in [6.07, 6.45) is 1.06. The molecular formula is C15H12BrFO. The molecule has 3 heteroatoms. The molecule has 0 aliphatic rings. The van der Waals surface area contributed by atoms with Crippen LogP contribution in [0.5, 0.6) is 0 Å². The minimum absolute atomic E-state index is 0.0978. The lowest BCUT2D eigenvalue weighted by Crippen LogP contribution is -2.01. The van der Waals surface area contributed by atoms with Crippen LogP contribution in [0.15, 0.2) is 53.0 Å². The van der Waals surface area contributed by atoms with Gasteiger partial charge >= 0.3 is 0 Å². The van der Waals surface area contributed by atoms with Crippen LogP contribution in [0.1, 0.15) is 22.3 Å². The van der Waals surface area contributed by atoms with Crippen LogP contribution in [0.3, 0.4) is 0 Å². The zero-order valence-corrected chi connectivity index (χ0v) is 11.3. The van der Waals surface area contributed by atoms with E-state index in [4.69, 9.17) is 0 Å². The Morgan fingerprint density at radius 1 is 1.11 bits per heavy atom. The molecule has 0 saturated carbocycles. The molecule has 18 heavy (non-hydrogen) atoms. The van der Waals surface area contributed by atoms with Crippen molar-refractivity contribution in [2.45, 2.75) is 12.8 Å². The Hall–Kier alpha value is -1.48. The van der Waals surface area contributed by atoms with Crippen molar-refractivity contribution in [1.29, 1.82) is 0 Å². The smallest absolute Gasteiger partial charge is 0.163 e. The number of carbonyl (C=O) groups excluding carboxylic acids is 1. The zero-order valence-electron chi connectivity index (χ0n) is 9.70. The fourth-order valence-corrected chi connectivity index (χ4v) is 2.11. The summed E-state index contributed by atoms with van der Waals surface area (Å²) in [6.45, 7) is 0. The maximum atomic E-state index is 12.7. The predicted molar refractivity (Wildman–Crippen MR) is 73.2 cm³/mol. The summed E-state index contributed by atoms with van der Waals surface area (Å²) in [7, 11) is 0. The van der Waals surface area contributed by atoms with Gasteiger partial charge in [0.15, 0.2) is 5.78 Å². The van der Waals surface area contributed by atoms with Crippen LogP contribution in [0.4, 0.5) is 4.39 Å². The van der Waals surface area contributed by atoms with Crippen molar-refractivity contribution in [3.05, 3.63) is 69.9 Å². The van der Waals surface area contributed by atoms with Crippen molar-refractivity contribution in [1.82, 2.24) is 0 Å². The van der Waals surface area contributed by atoms with Crippen molar-refractivity contribution >= 4 is 21.7 Å². The average molecular weight is 307 g/mol. The van der Waals surface area contributed by atoms with E-state index in [1.54, 1.807) is 18.2 Å². The number of carbonyl (C=O) groups is 1. The summed E-state index contributed by atoms with van der Waals surface area (Å²) in [4.78, 5) is 11.9. The molecule has 0 fully saturated rings. The van der Waals surface area contributed by atoms with E-state index in [0.717, 1.165) is 10.0 Å². The van der Waals surface area contributed by atoms with E-state index in [1.807, 2.05) is 18.2 Å². The third-order valence-corrected chi connectivity index (χ3v) is 3.19. The van der Waals surface area contributed by atoms with Crippen LogP contribution in [0.2, 0.25) is 0 Å². The first-order valence-corrected chi connectivity index (χ1v) is 6.47. The van der Waals surface area contributed by atoms with E-state index in [0.29, 0.717) is 18.4 Å². The number of benzene rings is 2. The molecule has 0 unspecified atom stereocenters. The summed E-state index contributed by atoms with van der Waals surface area (Å²) in [5.41, 5.74) is 1.67. The molecule has 0 saturated heterocycles. The molecule has 2 aromatic rings. The van der Waals surface area contributed by atoms with Crippen LogP contribution >= 0.6 is 15.9 Å². The lowest BCUT2D eigenvalue weighted by Gasteiger charge is -2.02. The van der Waals surface area contributed by atoms with Crippen LogP contribution in [-0.4, -0.2) is 5.78 Å². The number of aryl methyl sites for hydroxylation is 1. The lowest BCUT2D eigenvalue weighted by atomic mass is 10.0. The Labute approximate surface area is 114 Å². The third-order valence-electron chi connectivity index (χ3n) is 2.70. The molecule has 0 bridgehead atoms. The van der Waals surface area contributed by atoms with Gasteiger partial charge in [0.05, 0.1) is 0 Å². The zero-order chi connectivity index (χ0) is 13.0. The van der Waals surface area contributed by atoms with Crippen LogP contribution < -0.4 is 0 Å². The van der Waals surface area contributed by atoms with Gasteiger partial charge in [-0.25, -0.2) is 4.39 Å². The Balaban J connectivity index is 1.98. The van der Waals surface area contributed by atoms with Gasteiger partial charge in [-0.15, -0.1) is 0 Å². The van der Waals surface area contributed by atoms with Gasteiger partial charge in [0.2, 0.25) is 0 Å². The van der Waals surface area contributed by atoms with Gasteiger partial charge in [0, 0.05) is 16.5 Å². The van der Waals surface area contributed by atoms with Crippen LogP contribution in [0, 0.1) is 5.82 Å². The Morgan fingerprint density at radius 3 is 2.50 bits per heavy atom. The normalized spacial score (nSPS) is 10.3. The van der Waals surface area contributed by atoms with E-state index in [9.17, 15) is 9.18 Å². The van der Waals surface area contributed by atoms with E-state index in [1.165, 1.54) is 12.1 Å². The molecule has 1 nitrogen and oxygen atoms in total. The van der Waals surface area contributed by atoms with Gasteiger partial charge in [-0.2, -0.15) is 0 Å². The second-order valence-electron chi connectivity index (χ2n) is 4.06. The quantitative estimate of drug-likeness (QED) is 0.765. The standard InChI is InChI=1S/C15H12BrFO/c16-13-3-1-2-12(10-13)15(18)9-6-11-4-7-14(17)8-5-11/h1-5,7-8,10H,6,9H2. The summed E-state index contributed by atoms with van der Waals surface area (Å²) in [6, 6.07) is 13.6. The molecule has 92 valence electrons. The van der Waals surface area contributed by atoms with E-state index in [2.05, 4.69) is 15.9 Å². The first-order chi connectivity index (χ1) is 8.65. The van der Waals surface area contributed by atoms with Crippen molar-refractivity contribution in [3.63, 3.8) is 0 Å². The molecule has 0 aliphatic carbocycles. The Bertz CT molecular complexity index is 549. The monoisotopic (exact) mass is 306 g/mol. The van der Waals surface area contributed by atoms with Gasteiger partial charge in [-0.05, 0) is 36.2 Å². The van der Waals surface area contributed by atoms with Crippen molar-refractivity contribution in [2.75, 3.05) is 0 Å². The number of hydrogen-bond donors (Lipinski definition) is 0. The number of Topliss-reactive ketones (excluding diaryl/α,β-unsaturated/α-hetero) is 1. The molecule has 0 aliphatic heterocycles. The van der Waals surface area contributed by atoms with Crippen LogP contribution in [0.25, 0.3) is 0 Å². The highest BCUT2D eigenvalue weighted by atomic mass is 79.9. The number of ketones is 1. The van der Waals surface area contributed by atoms with Gasteiger partial charge in [-0.1, -0.05) is 40.2 Å². The van der Waals surface area contributed by atoms with Crippen molar-refractivity contribution in [3.8, 4) is 0 Å². The van der Waals surface area contributed by atoms with E-state index < -0.39 is 0 Å². The lowest BCUT2D eigenvalue weighted by molar-refractivity contribution is 0.0983. The number of rotatable bonds is 4. The fraction of sp³-hybridized carbons (Fsp3) is 0.133. The molecule has 0 spiro atoms. The molecule has 0 heterocycles. The maximum Gasteiger partial charge on any atom is 0.163 e. The molecule has 2 aromatic carbocycles. The minimum atomic E-state index is -0.253. The van der Waals surface area contributed by atoms with Gasteiger partial charge in [0.1, 0.15) is 5.82 Å². The van der Waals surface area contributed by atoms with Crippen LogP contribution in [-0.2, 0) is 6.42 Å². The molecule has 0 N–H and O–H groups in total. The third kappa shape index (κ3) is 3.50. The maximum absolute atomic E-state index is 12.7. The minimum Gasteiger partial charge on any atom is -0.294 e. The Kier molecular flexibility index (Phi) is 4.26. The first-order valence-electron chi connectivity index (χ1n) is 5.68. The highest BCUT2D eigenvalue weighted by Crippen LogP contribution is 2.14. The molecule has 0 radical (unpaired) electrons. The first kappa shape index (κ1) is 13.0. The highest BCUT2D eigenvalue weighted by Gasteiger charge is 2.06. The summed E-state index contributed by atoms with van der Waals surface area (Å²) < 4.78 is 13.6. The summed E-state index contributed by atoms with van der Waals surface area (Å²) in [5.74, 6) is -0.155. The Morgan fingerprint density at radius 2 is 1.83 bits per heavy atom. The topological polar surface area (TPSA) is 17.1 Å². The molecular weight excluding hydrogens is 295 g/mol. The SMILES string of the molecule is O=C(CCc1ccc(F)cc1)c1cccc(Br)c1. The molecule has 0 amide bonds. The number of hydrogen-bond acceptors (Lipinski definition) is 1. The largest absolute Gasteiger partial charge is 0.294 e. The van der Waals surface area contributed by atoms with Gasteiger partial charge in [0.25, 0.3) is 0 Å². The predicted octanol–water partition coefficient (Wildman–Crippen LogP) is 4.40. The fourth-order valence-electron chi connectivity index (χ4n) is 1.72. The van der Waals surface area contributed by atoms with Gasteiger partial charge in [-0.3, -0.25) is 4.79 Å². The second-order valence-corrected chi connectivity index (χ2v) is 4.98. The van der Waals surface area contributed by atoms with Crippen molar-refractivity contribution < 1.29 is 9.18 Å². The second kappa shape index (κ2) is 5.91. The van der Waals surface area contributed by atoms with E-state index >= 15 is 0 Å². The van der Waals surface area contributed by atoms with Gasteiger partial charge < -0.3 is 0 Å². The molecule has 2 rings (SSSR count). The molecule has 0 atom stereocenters. The highest BCUT2D eigenvalue weighted by molar-refractivity contribution is 9.10. The van der Waals surface area contributed by atoms with E-state index in [-0.39, 0.29) is 11.6 Å². The number of halogens is 2. The summed E-state index contributed by atoms with van der Waals surface area (Å²) >= 11 is 3.34.